The molecule has 0 bridgehead atoms. The van der Waals surface area contributed by atoms with Gasteiger partial charge in [-0.1, -0.05) is 0 Å². The summed E-state index contributed by atoms with van der Waals surface area (Å²) >= 11 is 0. The second-order valence-corrected chi connectivity index (χ2v) is 4.65. The fourth-order valence-corrected chi connectivity index (χ4v) is 2.21. The fraction of sp³-hybridized carbons (Fsp3) is 0.500. The van der Waals surface area contributed by atoms with Crippen molar-refractivity contribution in [2.75, 3.05) is 13.2 Å². The smallest absolute Gasteiger partial charge is 0.261 e. The second kappa shape index (κ2) is 2.56. The van der Waals surface area contributed by atoms with Gasteiger partial charge in [-0.05, 0) is 6.07 Å². The van der Waals surface area contributed by atoms with Gasteiger partial charge in [0.25, 0.3) is 10.0 Å². The number of nitrogens with zero attached hydrogens (tertiary/aromatic N) is 2. The van der Waals surface area contributed by atoms with Gasteiger partial charge in [0.1, 0.15) is 5.25 Å². The molecule has 1 aromatic rings. The lowest BCUT2D eigenvalue weighted by Gasteiger charge is -2.25. The van der Waals surface area contributed by atoms with Gasteiger partial charge in [-0.2, -0.15) is 9.19 Å². The third kappa shape index (κ3) is 1.03. The highest BCUT2D eigenvalue weighted by molar-refractivity contribution is 7.90. The summed E-state index contributed by atoms with van der Waals surface area (Å²) in [5, 5.41) is 3.24. The van der Waals surface area contributed by atoms with Gasteiger partial charge in [-0.3, -0.25) is 0 Å². The third-order valence-electron chi connectivity index (χ3n) is 1.77. The number of ether oxygens (including phenoxy) is 1. The first-order chi connectivity index (χ1) is 5.71. The quantitative estimate of drug-likeness (QED) is 0.625. The second-order valence-electron chi connectivity index (χ2n) is 2.58. The molecule has 1 fully saturated rings. The maximum atomic E-state index is 11.5. The minimum Gasteiger partial charge on any atom is -0.378 e. The van der Waals surface area contributed by atoms with Crippen molar-refractivity contribution in [2.24, 2.45) is 0 Å². The summed E-state index contributed by atoms with van der Waals surface area (Å²) in [6, 6.07) is 1.58. The molecule has 5 nitrogen and oxygen atoms in total. The van der Waals surface area contributed by atoms with Crippen LogP contribution in [0, 0.1) is 0 Å². The Morgan fingerprint density at radius 1 is 1.50 bits per heavy atom. The molecule has 0 N–H and O–H groups in total. The molecule has 1 saturated heterocycles. The van der Waals surface area contributed by atoms with Gasteiger partial charge in [0, 0.05) is 6.20 Å². The molecule has 6 heteroatoms. The van der Waals surface area contributed by atoms with Crippen LogP contribution in [0.15, 0.2) is 18.5 Å². The fourth-order valence-electron chi connectivity index (χ4n) is 0.944. The van der Waals surface area contributed by atoms with Crippen LogP contribution < -0.4 is 0 Å². The summed E-state index contributed by atoms with van der Waals surface area (Å²) in [4.78, 5) is 0. The molecule has 0 saturated carbocycles. The molecule has 12 heavy (non-hydrogen) atoms. The van der Waals surface area contributed by atoms with Crippen LogP contribution in [-0.4, -0.2) is 36.1 Å². The average molecular weight is 188 g/mol. The summed E-state index contributed by atoms with van der Waals surface area (Å²) in [5.41, 5.74) is 0. The molecule has 0 radical (unpaired) electrons. The Bertz CT molecular complexity index is 352. The van der Waals surface area contributed by atoms with Crippen molar-refractivity contribution >= 4 is 10.0 Å². The van der Waals surface area contributed by atoms with Gasteiger partial charge in [-0.15, -0.1) is 0 Å². The van der Waals surface area contributed by atoms with Crippen molar-refractivity contribution in [3.63, 3.8) is 0 Å². The Morgan fingerprint density at radius 3 is 2.67 bits per heavy atom. The molecule has 2 heterocycles. The van der Waals surface area contributed by atoms with Crippen LogP contribution >= 0.6 is 0 Å². The lowest BCUT2D eigenvalue weighted by molar-refractivity contribution is 0.0410. The molecule has 0 amide bonds. The highest BCUT2D eigenvalue weighted by Crippen LogP contribution is 2.13. The topological polar surface area (TPSA) is 61.2 Å². The lowest BCUT2D eigenvalue weighted by Crippen LogP contribution is -2.43. The van der Waals surface area contributed by atoms with E-state index >= 15 is 0 Å². The van der Waals surface area contributed by atoms with E-state index in [-0.39, 0.29) is 13.2 Å². The Hall–Kier alpha value is -0.880. The van der Waals surface area contributed by atoms with E-state index in [0.29, 0.717) is 0 Å². The highest BCUT2D eigenvalue weighted by atomic mass is 32.2. The maximum absolute atomic E-state index is 11.5. The number of aromatic nitrogens is 2. The summed E-state index contributed by atoms with van der Waals surface area (Å²) < 4.78 is 28.8. The normalized spacial score (nSPS) is 19.0. The van der Waals surface area contributed by atoms with E-state index in [4.69, 9.17) is 4.74 Å². The molecule has 2 rings (SSSR count). The highest BCUT2D eigenvalue weighted by Gasteiger charge is 2.34. The van der Waals surface area contributed by atoms with Crippen molar-refractivity contribution < 1.29 is 13.2 Å². The summed E-state index contributed by atoms with van der Waals surface area (Å²) in [6.07, 6.45) is 2.87. The van der Waals surface area contributed by atoms with E-state index in [1.807, 2.05) is 0 Å². The largest absolute Gasteiger partial charge is 0.378 e. The van der Waals surface area contributed by atoms with Crippen LogP contribution in [0.2, 0.25) is 0 Å². The van der Waals surface area contributed by atoms with Crippen LogP contribution in [0.1, 0.15) is 0 Å². The molecule has 1 aliphatic heterocycles. The van der Waals surface area contributed by atoms with Crippen molar-refractivity contribution in [1.29, 1.82) is 0 Å². The molecule has 1 aromatic heterocycles. The molecule has 0 spiro atoms. The molecular formula is C6H8N2O3S. The van der Waals surface area contributed by atoms with E-state index in [1.54, 1.807) is 6.07 Å². The zero-order valence-corrected chi connectivity index (χ0v) is 7.07. The number of rotatable bonds is 2. The summed E-state index contributed by atoms with van der Waals surface area (Å²) in [7, 11) is -3.28. The van der Waals surface area contributed by atoms with Gasteiger partial charge in [0.2, 0.25) is 0 Å². The van der Waals surface area contributed by atoms with Gasteiger partial charge in [0.15, 0.2) is 0 Å². The van der Waals surface area contributed by atoms with Crippen molar-refractivity contribution in [3.8, 4) is 0 Å². The minimum absolute atomic E-state index is 0.280. The summed E-state index contributed by atoms with van der Waals surface area (Å²) in [5.74, 6) is 0. The third-order valence-corrected chi connectivity index (χ3v) is 3.62. The molecule has 0 unspecified atom stereocenters. The number of hydrogen-bond donors (Lipinski definition) is 0. The lowest BCUT2D eigenvalue weighted by atomic mass is 10.4. The predicted octanol–water partition coefficient (Wildman–Crippen LogP) is -0.540. The van der Waals surface area contributed by atoms with Gasteiger partial charge >= 0.3 is 0 Å². The summed E-state index contributed by atoms with van der Waals surface area (Å²) in [6.45, 7) is 0.560. The number of hydrogen-bond acceptors (Lipinski definition) is 4. The maximum Gasteiger partial charge on any atom is 0.261 e. The van der Waals surface area contributed by atoms with Crippen molar-refractivity contribution in [2.45, 2.75) is 5.25 Å². The van der Waals surface area contributed by atoms with Crippen LogP contribution in [0.4, 0.5) is 0 Å². The molecule has 0 atom stereocenters. The SMILES string of the molecule is O=S(=O)(C1COC1)n1cccn1. The Balaban J connectivity index is 2.33. The first-order valence-electron chi connectivity index (χ1n) is 3.53. The van der Waals surface area contributed by atoms with E-state index in [9.17, 15) is 8.42 Å². The monoisotopic (exact) mass is 188 g/mol. The Kier molecular flexibility index (Phi) is 1.66. The average Bonchev–Trinajstić information content (AvgIpc) is 2.30. The predicted molar refractivity (Wildman–Crippen MR) is 41.2 cm³/mol. The van der Waals surface area contributed by atoms with Gasteiger partial charge in [0.05, 0.1) is 19.4 Å². The van der Waals surface area contributed by atoms with Gasteiger partial charge < -0.3 is 4.74 Å². The van der Waals surface area contributed by atoms with E-state index in [2.05, 4.69) is 5.10 Å². The minimum atomic E-state index is -3.28. The van der Waals surface area contributed by atoms with Gasteiger partial charge in [-0.25, -0.2) is 8.42 Å². The van der Waals surface area contributed by atoms with Crippen LogP contribution in [-0.2, 0) is 14.8 Å². The molecular weight excluding hydrogens is 180 g/mol. The van der Waals surface area contributed by atoms with Crippen molar-refractivity contribution in [1.82, 2.24) is 9.19 Å². The molecule has 1 aliphatic rings. The van der Waals surface area contributed by atoms with Crippen LogP contribution in [0.25, 0.3) is 0 Å². The molecule has 0 aromatic carbocycles. The van der Waals surface area contributed by atoms with E-state index in [1.165, 1.54) is 12.4 Å². The molecule has 66 valence electrons. The van der Waals surface area contributed by atoms with E-state index < -0.39 is 15.3 Å². The van der Waals surface area contributed by atoms with Crippen LogP contribution in [0.3, 0.4) is 0 Å². The first-order valence-corrected chi connectivity index (χ1v) is 5.03. The van der Waals surface area contributed by atoms with E-state index in [0.717, 1.165) is 4.09 Å². The standard InChI is InChI=1S/C6H8N2O3S/c9-12(10,6-4-11-5-6)8-3-1-2-7-8/h1-3,6H,4-5H2. The van der Waals surface area contributed by atoms with Crippen LogP contribution in [0.5, 0.6) is 0 Å². The Labute approximate surface area is 70.0 Å². The zero-order valence-electron chi connectivity index (χ0n) is 6.25. The molecule has 0 aliphatic carbocycles. The zero-order chi connectivity index (χ0) is 8.60. The first kappa shape index (κ1) is 7.75. The Morgan fingerprint density at radius 2 is 2.25 bits per heavy atom. The van der Waals surface area contributed by atoms with Crippen molar-refractivity contribution in [3.05, 3.63) is 18.5 Å².